The van der Waals surface area contributed by atoms with E-state index in [0.29, 0.717) is 5.92 Å². The largest absolute Gasteiger partial charge is 0.391 e. The van der Waals surface area contributed by atoms with Gasteiger partial charge in [0.1, 0.15) is 0 Å². The number of pyridine rings is 1. The highest BCUT2D eigenvalue weighted by Gasteiger charge is 2.33. The molecule has 1 saturated carbocycles. The summed E-state index contributed by atoms with van der Waals surface area (Å²) in [5.74, 6) is 1.23. The first-order valence-corrected chi connectivity index (χ1v) is 8.52. The van der Waals surface area contributed by atoms with Gasteiger partial charge in [-0.2, -0.15) is 0 Å². The molecule has 1 aliphatic heterocycles. The van der Waals surface area contributed by atoms with Crippen molar-refractivity contribution in [3.8, 4) is 0 Å². The lowest BCUT2D eigenvalue weighted by Crippen LogP contribution is -2.31. The number of rotatable bonds is 4. The molecule has 3 nitrogen and oxygen atoms in total. The SMILES string of the molecule is O[C@H]1CN(CC2CCC2)C[C@H]1Cc1ccnc2ccccc12. The smallest absolute Gasteiger partial charge is 0.0710 e. The van der Waals surface area contributed by atoms with Crippen molar-refractivity contribution in [1.29, 1.82) is 0 Å². The van der Waals surface area contributed by atoms with Gasteiger partial charge in [-0.25, -0.2) is 0 Å². The zero-order valence-electron chi connectivity index (χ0n) is 13.0. The van der Waals surface area contributed by atoms with Crippen LogP contribution in [-0.2, 0) is 6.42 Å². The van der Waals surface area contributed by atoms with E-state index in [1.807, 2.05) is 12.3 Å². The van der Waals surface area contributed by atoms with E-state index in [0.717, 1.165) is 30.9 Å². The van der Waals surface area contributed by atoms with Gasteiger partial charge in [0.2, 0.25) is 0 Å². The van der Waals surface area contributed by atoms with Crippen molar-refractivity contribution in [3.05, 3.63) is 42.1 Å². The summed E-state index contributed by atoms with van der Waals surface area (Å²) >= 11 is 0. The van der Waals surface area contributed by atoms with Crippen molar-refractivity contribution in [2.24, 2.45) is 11.8 Å². The van der Waals surface area contributed by atoms with Gasteiger partial charge in [0.25, 0.3) is 0 Å². The third kappa shape index (κ3) is 2.75. The van der Waals surface area contributed by atoms with Crippen LogP contribution in [0.5, 0.6) is 0 Å². The third-order valence-electron chi connectivity index (χ3n) is 5.44. The fourth-order valence-electron chi connectivity index (χ4n) is 3.95. The van der Waals surface area contributed by atoms with E-state index in [4.69, 9.17) is 0 Å². The number of likely N-dealkylation sites (tertiary alicyclic amines) is 1. The first-order valence-electron chi connectivity index (χ1n) is 8.52. The fraction of sp³-hybridized carbons (Fsp3) is 0.526. The Morgan fingerprint density at radius 2 is 2.00 bits per heavy atom. The van der Waals surface area contributed by atoms with E-state index in [1.54, 1.807) is 0 Å². The van der Waals surface area contributed by atoms with E-state index in [2.05, 4.69) is 34.1 Å². The van der Waals surface area contributed by atoms with Crippen molar-refractivity contribution < 1.29 is 5.11 Å². The lowest BCUT2D eigenvalue weighted by atomic mass is 9.85. The molecule has 0 radical (unpaired) electrons. The van der Waals surface area contributed by atoms with Crippen LogP contribution in [0.3, 0.4) is 0 Å². The topological polar surface area (TPSA) is 36.4 Å². The molecule has 22 heavy (non-hydrogen) atoms. The summed E-state index contributed by atoms with van der Waals surface area (Å²) in [6, 6.07) is 10.4. The second-order valence-electron chi connectivity index (χ2n) is 7.03. The van der Waals surface area contributed by atoms with Gasteiger partial charge >= 0.3 is 0 Å². The molecule has 1 aliphatic carbocycles. The van der Waals surface area contributed by atoms with Crippen LogP contribution in [0.1, 0.15) is 24.8 Å². The highest BCUT2D eigenvalue weighted by molar-refractivity contribution is 5.81. The second-order valence-corrected chi connectivity index (χ2v) is 7.03. The van der Waals surface area contributed by atoms with Crippen LogP contribution in [0.4, 0.5) is 0 Å². The van der Waals surface area contributed by atoms with Crippen molar-refractivity contribution in [2.45, 2.75) is 31.8 Å². The number of benzene rings is 1. The molecule has 3 heteroatoms. The van der Waals surface area contributed by atoms with Gasteiger partial charge in [-0.3, -0.25) is 4.98 Å². The van der Waals surface area contributed by atoms with Crippen LogP contribution in [0, 0.1) is 11.8 Å². The minimum atomic E-state index is -0.188. The number of fused-ring (bicyclic) bond motifs is 1. The highest BCUT2D eigenvalue weighted by Crippen LogP contribution is 2.30. The molecule has 0 spiro atoms. The molecule has 0 bridgehead atoms. The Morgan fingerprint density at radius 1 is 1.14 bits per heavy atom. The summed E-state index contributed by atoms with van der Waals surface area (Å²) in [5, 5.41) is 11.7. The second kappa shape index (κ2) is 5.98. The summed E-state index contributed by atoms with van der Waals surface area (Å²) in [7, 11) is 0. The van der Waals surface area contributed by atoms with Crippen LogP contribution >= 0.6 is 0 Å². The molecule has 1 saturated heterocycles. The van der Waals surface area contributed by atoms with Crippen LogP contribution in [-0.4, -0.2) is 40.7 Å². The van der Waals surface area contributed by atoms with Crippen molar-refractivity contribution in [2.75, 3.05) is 19.6 Å². The minimum Gasteiger partial charge on any atom is -0.391 e. The molecule has 1 aromatic carbocycles. The van der Waals surface area contributed by atoms with Crippen molar-refractivity contribution in [1.82, 2.24) is 9.88 Å². The Balaban J connectivity index is 1.47. The van der Waals surface area contributed by atoms with Crippen LogP contribution in [0.15, 0.2) is 36.5 Å². The molecular formula is C19H24N2O. The summed E-state index contributed by atoms with van der Waals surface area (Å²) in [6.45, 7) is 3.07. The van der Waals surface area contributed by atoms with Gasteiger partial charge in [-0.1, -0.05) is 24.6 Å². The lowest BCUT2D eigenvalue weighted by molar-refractivity contribution is 0.135. The molecule has 1 N–H and O–H groups in total. The van der Waals surface area contributed by atoms with E-state index in [9.17, 15) is 5.11 Å². The number of hydrogen-bond donors (Lipinski definition) is 1. The normalized spacial score (nSPS) is 26.4. The number of hydrogen-bond acceptors (Lipinski definition) is 3. The summed E-state index contributed by atoms with van der Waals surface area (Å²) in [5.41, 5.74) is 2.37. The predicted molar refractivity (Wildman–Crippen MR) is 88.7 cm³/mol. The lowest BCUT2D eigenvalue weighted by Gasteiger charge is -2.29. The molecule has 4 rings (SSSR count). The molecule has 2 fully saturated rings. The Morgan fingerprint density at radius 3 is 2.82 bits per heavy atom. The van der Waals surface area contributed by atoms with Crippen LogP contribution in [0.25, 0.3) is 10.9 Å². The van der Waals surface area contributed by atoms with Crippen LogP contribution < -0.4 is 0 Å². The average molecular weight is 296 g/mol. The monoisotopic (exact) mass is 296 g/mol. The molecule has 0 unspecified atom stereocenters. The number of aliphatic hydroxyl groups excluding tert-OH is 1. The summed E-state index contributed by atoms with van der Waals surface area (Å²) in [4.78, 5) is 6.91. The van der Waals surface area contributed by atoms with E-state index in [-0.39, 0.29) is 6.10 Å². The summed E-state index contributed by atoms with van der Waals surface area (Å²) < 4.78 is 0. The molecular weight excluding hydrogens is 272 g/mol. The van der Waals surface area contributed by atoms with E-state index >= 15 is 0 Å². The molecule has 2 heterocycles. The van der Waals surface area contributed by atoms with Crippen LogP contribution in [0.2, 0.25) is 0 Å². The molecule has 2 aromatic rings. The Hall–Kier alpha value is -1.45. The Labute approximate surface area is 132 Å². The third-order valence-corrected chi connectivity index (χ3v) is 5.44. The summed E-state index contributed by atoms with van der Waals surface area (Å²) in [6.07, 6.45) is 6.81. The number of aromatic nitrogens is 1. The Kier molecular flexibility index (Phi) is 3.85. The maximum Gasteiger partial charge on any atom is 0.0710 e. The van der Waals surface area contributed by atoms with Gasteiger partial charge in [-0.15, -0.1) is 0 Å². The molecule has 1 aromatic heterocycles. The zero-order valence-corrected chi connectivity index (χ0v) is 13.0. The van der Waals surface area contributed by atoms with Gasteiger partial charge in [-0.05, 0) is 42.9 Å². The molecule has 2 atom stereocenters. The molecule has 0 amide bonds. The van der Waals surface area contributed by atoms with E-state index in [1.165, 1.54) is 36.8 Å². The maximum atomic E-state index is 10.4. The predicted octanol–water partition coefficient (Wildman–Crippen LogP) is 2.87. The zero-order chi connectivity index (χ0) is 14.9. The number of para-hydroxylation sites is 1. The quantitative estimate of drug-likeness (QED) is 0.942. The van der Waals surface area contributed by atoms with Gasteiger partial charge < -0.3 is 10.0 Å². The van der Waals surface area contributed by atoms with E-state index < -0.39 is 0 Å². The average Bonchev–Trinajstić information content (AvgIpc) is 2.84. The first-order chi connectivity index (χ1) is 10.8. The van der Waals surface area contributed by atoms with Crippen molar-refractivity contribution >= 4 is 10.9 Å². The minimum absolute atomic E-state index is 0.188. The highest BCUT2D eigenvalue weighted by atomic mass is 16.3. The first kappa shape index (κ1) is 14.2. The van der Waals surface area contributed by atoms with Crippen molar-refractivity contribution in [3.63, 3.8) is 0 Å². The standard InChI is InChI=1S/C19H24N2O/c22-19-13-21(11-14-4-3-5-14)12-16(19)10-15-8-9-20-18-7-2-1-6-17(15)18/h1-2,6-9,14,16,19,22H,3-5,10-13H2/t16-,19+/m1/s1. The number of aliphatic hydroxyl groups is 1. The van der Waals surface area contributed by atoms with Gasteiger partial charge in [0.15, 0.2) is 0 Å². The maximum absolute atomic E-state index is 10.4. The Bertz CT molecular complexity index is 647. The number of nitrogens with zero attached hydrogens (tertiary/aromatic N) is 2. The van der Waals surface area contributed by atoms with Gasteiger partial charge in [0, 0.05) is 37.1 Å². The molecule has 2 aliphatic rings. The molecule has 116 valence electrons. The fourth-order valence-corrected chi connectivity index (χ4v) is 3.95. The van der Waals surface area contributed by atoms with Gasteiger partial charge in [0.05, 0.1) is 11.6 Å². The number of β-amino-alcohol motifs (C(OH)–C–C–N with tert-alkyl or cyclic N) is 1.